The maximum Gasteiger partial charge on any atom is 0.225 e. The Morgan fingerprint density at radius 1 is 1.11 bits per heavy atom. The van der Waals surface area contributed by atoms with Crippen LogP contribution in [0.15, 0.2) is 18.2 Å². The second kappa shape index (κ2) is 13.7. The number of anilines is 2. The number of nitrogens with two attached hydrogens (primary N) is 1. The van der Waals surface area contributed by atoms with Gasteiger partial charge in [0.1, 0.15) is 5.82 Å². The van der Waals surface area contributed by atoms with E-state index in [2.05, 4.69) is 15.5 Å². The van der Waals surface area contributed by atoms with E-state index in [4.69, 9.17) is 10.5 Å². The molecule has 1 heterocycles. The normalized spacial score (nSPS) is 13.9. The minimum atomic E-state index is -0.542. The lowest BCUT2D eigenvalue weighted by atomic mass is 10.2. The molecule has 0 bridgehead atoms. The van der Waals surface area contributed by atoms with Gasteiger partial charge < -0.3 is 21.1 Å². The molecule has 0 aromatic heterocycles. The van der Waals surface area contributed by atoms with Gasteiger partial charge in [0.05, 0.1) is 18.9 Å². The third-order valence-electron chi connectivity index (χ3n) is 3.89. The molecule has 4 N–H and O–H groups in total. The predicted molar refractivity (Wildman–Crippen MR) is 108 cm³/mol. The molecule has 1 aromatic carbocycles. The van der Waals surface area contributed by atoms with Crippen molar-refractivity contribution >= 4 is 48.0 Å². The summed E-state index contributed by atoms with van der Waals surface area (Å²) < 4.78 is 19.1. The first-order valence-corrected chi connectivity index (χ1v) is 8.48. The third kappa shape index (κ3) is 9.34. The van der Waals surface area contributed by atoms with Crippen LogP contribution in [-0.2, 0) is 14.3 Å². The highest BCUT2D eigenvalue weighted by Gasteiger charge is 2.13. The van der Waals surface area contributed by atoms with Crippen LogP contribution in [0.3, 0.4) is 0 Å². The lowest BCUT2D eigenvalue weighted by Gasteiger charge is -2.26. The predicted octanol–water partition coefficient (Wildman–Crippen LogP) is 2.01. The van der Waals surface area contributed by atoms with Gasteiger partial charge in [-0.3, -0.25) is 14.5 Å². The number of carbonyl (C=O) groups excluding carboxylic acids is 2. The zero-order valence-electron chi connectivity index (χ0n) is 15.0. The van der Waals surface area contributed by atoms with Crippen molar-refractivity contribution in [1.29, 1.82) is 0 Å². The number of nitrogens with zero attached hydrogens (tertiary/aromatic N) is 1. The summed E-state index contributed by atoms with van der Waals surface area (Å²) in [6.07, 6.45) is 1.15. The highest BCUT2D eigenvalue weighted by Crippen LogP contribution is 2.20. The van der Waals surface area contributed by atoms with Crippen molar-refractivity contribution in [2.75, 3.05) is 50.0 Å². The van der Waals surface area contributed by atoms with E-state index < -0.39 is 5.82 Å². The Balaban J connectivity index is 0.00000338. The Kier molecular flexibility index (Phi) is 12.9. The van der Waals surface area contributed by atoms with Crippen LogP contribution in [0.4, 0.5) is 15.8 Å². The molecule has 0 spiro atoms. The number of hydrogen-bond acceptors (Lipinski definition) is 5. The monoisotopic (exact) mass is 424 g/mol. The molecule has 1 aliphatic heterocycles. The molecule has 7 nitrogen and oxygen atoms in total. The number of hydrogen-bond donors (Lipinski definition) is 3. The maximum absolute atomic E-state index is 13.9. The van der Waals surface area contributed by atoms with Crippen LogP contribution >= 0.6 is 24.8 Å². The summed E-state index contributed by atoms with van der Waals surface area (Å²) in [6, 6.07) is 4.09. The fourth-order valence-corrected chi connectivity index (χ4v) is 2.48. The van der Waals surface area contributed by atoms with Gasteiger partial charge >= 0.3 is 0 Å². The number of carbonyl (C=O) groups is 2. The Morgan fingerprint density at radius 2 is 1.78 bits per heavy atom. The van der Waals surface area contributed by atoms with E-state index in [-0.39, 0.29) is 48.7 Å². The highest BCUT2D eigenvalue weighted by molar-refractivity contribution is 5.94. The molecule has 27 heavy (non-hydrogen) atoms. The van der Waals surface area contributed by atoms with Crippen LogP contribution in [0.25, 0.3) is 0 Å². The Bertz CT molecular complexity index is 602. The van der Waals surface area contributed by atoms with Crippen molar-refractivity contribution < 1.29 is 18.7 Å². The first-order chi connectivity index (χ1) is 12.1. The van der Waals surface area contributed by atoms with E-state index >= 15 is 0 Å². The number of amides is 2. The molecule has 2 amide bonds. The van der Waals surface area contributed by atoms with Crippen molar-refractivity contribution in [1.82, 2.24) is 4.90 Å². The minimum absolute atomic E-state index is 0. The molecule has 0 radical (unpaired) electrons. The summed E-state index contributed by atoms with van der Waals surface area (Å²) in [5.74, 6) is -1.00. The third-order valence-corrected chi connectivity index (χ3v) is 3.89. The summed E-state index contributed by atoms with van der Waals surface area (Å²) in [4.78, 5) is 25.9. The van der Waals surface area contributed by atoms with Crippen LogP contribution in [0, 0.1) is 5.82 Å². The maximum atomic E-state index is 13.9. The Labute approximate surface area is 171 Å². The van der Waals surface area contributed by atoms with Crippen molar-refractivity contribution in [3.63, 3.8) is 0 Å². The fraction of sp³-hybridized carbons (Fsp3) is 0.529. The largest absolute Gasteiger partial charge is 0.379 e. The number of halogens is 3. The van der Waals surface area contributed by atoms with Crippen LogP contribution in [0.2, 0.25) is 0 Å². The van der Waals surface area contributed by atoms with Crippen LogP contribution in [0.5, 0.6) is 0 Å². The number of nitrogens with one attached hydrogen (secondary N) is 2. The zero-order chi connectivity index (χ0) is 18.1. The summed E-state index contributed by atoms with van der Waals surface area (Å²) in [5.41, 5.74) is 5.86. The molecule has 0 unspecified atom stereocenters. The number of morpholine rings is 1. The van der Waals surface area contributed by atoms with E-state index in [1.54, 1.807) is 0 Å². The van der Waals surface area contributed by atoms with Gasteiger partial charge in [0, 0.05) is 38.2 Å². The first kappa shape index (κ1) is 25.6. The molecule has 0 saturated carbocycles. The highest BCUT2D eigenvalue weighted by atomic mass is 35.5. The standard InChI is InChI=1S/C17H25FN4O3.2ClH/c18-14-4-3-13(20-16(23)2-1-6-19)12-15(14)21-17(24)5-7-22-8-10-25-11-9-22;;/h3-4,12H,1-2,5-11,19H2,(H,20,23)(H,21,24);2*1H. The van der Waals surface area contributed by atoms with Crippen LogP contribution < -0.4 is 16.4 Å². The average Bonchev–Trinajstić information content (AvgIpc) is 2.62. The van der Waals surface area contributed by atoms with Gasteiger partial charge in [0.15, 0.2) is 0 Å². The summed E-state index contributed by atoms with van der Waals surface area (Å²) in [6.45, 7) is 3.97. The number of benzene rings is 1. The molecule has 1 saturated heterocycles. The summed E-state index contributed by atoms with van der Waals surface area (Å²) >= 11 is 0. The lowest BCUT2D eigenvalue weighted by molar-refractivity contribution is -0.117. The molecule has 1 aliphatic rings. The quantitative estimate of drug-likeness (QED) is 0.592. The summed E-state index contributed by atoms with van der Waals surface area (Å²) in [7, 11) is 0. The molecule has 10 heteroatoms. The average molecular weight is 425 g/mol. The van der Waals surface area contributed by atoms with E-state index in [9.17, 15) is 14.0 Å². The van der Waals surface area contributed by atoms with Crippen LogP contribution in [-0.4, -0.2) is 56.1 Å². The van der Waals surface area contributed by atoms with Gasteiger partial charge in [-0.05, 0) is 31.2 Å². The van der Waals surface area contributed by atoms with Crippen molar-refractivity contribution in [2.24, 2.45) is 5.73 Å². The topological polar surface area (TPSA) is 96.7 Å². The van der Waals surface area contributed by atoms with Gasteiger partial charge in [-0.1, -0.05) is 0 Å². The molecule has 154 valence electrons. The van der Waals surface area contributed by atoms with Crippen molar-refractivity contribution in [3.05, 3.63) is 24.0 Å². The van der Waals surface area contributed by atoms with Gasteiger partial charge in [-0.15, -0.1) is 24.8 Å². The number of rotatable bonds is 8. The molecule has 0 atom stereocenters. The molecule has 1 fully saturated rings. The number of ether oxygens (including phenoxy) is 1. The fourth-order valence-electron chi connectivity index (χ4n) is 2.48. The molecule has 2 rings (SSSR count). The lowest BCUT2D eigenvalue weighted by Crippen LogP contribution is -2.38. The van der Waals surface area contributed by atoms with Gasteiger partial charge in [0.25, 0.3) is 0 Å². The minimum Gasteiger partial charge on any atom is -0.379 e. The van der Waals surface area contributed by atoms with Gasteiger partial charge in [0.2, 0.25) is 11.8 Å². The Morgan fingerprint density at radius 3 is 2.44 bits per heavy atom. The van der Waals surface area contributed by atoms with Crippen LogP contribution in [0.1, 0.15) is 19.3 Å². The van der Waals surface area contributed by atoms with E-state index in [0.717, 1.165) is 13.1 Å². The van der Waals surface area contributed by atoms with Crippen molar-refractivity contribution in [3.8, 4) is 0 Å². The van der Waals surface area contributed by atoms with E-state index in [1.165, 1.54) is 18.2 Å². The van der Waals surface area contributed by atoms with Gasteiger partial charge in [-0.2, -0.15) is 0 Å². The molecular formula is C17H27Cl2FN4O3. The van der Waals surface area contributed by atoms with E-state index in [0.29, 0.717) is 44.8 Å². The molecule has 0 aliphatic carbocycles. The first-order valence-electron chi connectivity index (χ1n) is 8.48. The SMILES string of the molecule is Cl.Cl.NCCCC(=O)Nc1ccc(F)c(NC(=O)CCN2CCOCC2)c1. The second-order valence-electron chi connectivity index (χ2n) is 5.89. The zero-order valence-corrected chi connectivity index (χ0v) is 16.7. The second-order valence-corrected chi connectivity index (χ2v) is 5.89. The molecular weight excluding hydrogens is 398 g/mol. The van der Waals surface area contributed by atoms with Crippen molar-refractivity contribution in [2.45, 2.75) is 19.3 Å². The van der Waals surface area contributed by atoms with E-state index in [1.807, 2.05) is 0 Å². The molecule has 1 aromatic rings. The van der Waals surface area contributed by atoms with Gasteiger partial charge in [-0.25, -0.2) is 4.39 Å². The smallest absolute Gasteiger partial charge is 0.225 e. The Hall–Kier alpha value is -1.45. The summed E-state index contributed by atoms with van der Waals surface area (Å²) in [5, 5.41) is 5.23.